The summed E-state index contributed by atoms with van der Waals surface area (Å²) in [6, 6.07) is 7.53. The summed E-state index contributed by atoms with van der Waals surface area (Å²) >= 11 is 0. The van der Waals surface area contributed by atoms with E-state index in [-0.39, 0.29) is 35.2 Å². The largest absolute Gasteiger partial charge is 0.387 e. The summed E-state index contributed by atoms with van der Waals surface area (Å²) in [5.41, 5.74) is -1.28. The Morgan fingerprint density at radius 3 is 2.68 bits per heavy atom. The second kappa shape index (κ2) is 8.19. The van der Waals surface area contributed by atoms with E-state index in [1.165, 1.54) is 23.0 Å². The Kier molecular flexibility index (Phi) is 5.73. The molecule has 1 aromatic heterocycles. The number of rotatable bonds is 4. The zero-order valence-electron chi connectivity index (χ0n) is 18.2. The SMILES string of the molecule is CC(C)C(=O)N1CCCC2(CCCC2(O)Cn2cnc(-c3ccccc3F)cc2=O)C1. The molecule has 6 nitrogen and oxygen atoms in total. The van der Waals surface area contributed by atoms with Crippen LogP contribution in [0.25, 0.3) is 11.3 Å². The predicted molar refractivity (Wildman–Crippen MR) is 116 cm³/mol. The van der Waals surface area contributed by atoms with Crippen LogP contribution in [0.4, 0.5) is 4.39 Å². The van der Waals surface area contributed by atoms with E-state index in [1.807, 2.05) is 18.7 Å². The summed E-state index contributed by atoms with van der Waals surface area (Å²) < 4.78 is 15.5. The second-order valence-electron chi connectivity index (χ2n) is 9.40. The van der Waals surface area contributed by atoms with Gasteiger partial charge in [0, 0.05) is 36.1 Å². The van der Waals surface area contributed by atoms with Gasteiger partial charge in [0.2, 0.25) is 5.91 Å². The summed E-state index contributed by atoms with van der Waals surface area (Å²) in [5, 5.41) is 11.7. The van der Waals surface area contributed by atoms with Gasteiger partial charge in [-0.15, -0.1) is 0 Å². The number of benzene rings is 1. The van der Waals surface area contributed by atoms with Crippen LogP contribution in [0.3, 0.4) is 0 Å². The topological polar surface area (TPSA) is 75.4 Å². The molecule has 1 aliphatic carbocycles. The first-order valence-corrected chi connectivity index (χ1v) is 11.1. The first-order valence-electron chi connectivity index (χ1n) is 11.1. The van der Waals surface area contributed by atoms with Gasteiger partial charge in [-0.05, 0) is 44.2 Å². The molecule has 2 aliphatic rings. The maximum absolute atomic E-state index is 14.1. The van der Waals surface area contributed by atoms with Gasteiger partial charge in [0.25, 0.3) is 5.56 Å². The van der Waals surface area contributed by atoms with Crippen molar-refractivity contribution in [2.24, 2.45) is 11.3 Å². The van der Waals surface area contributed by atoms with Gasteiger partial charge in [0.05, 0.1) is 24.2 Å². The zero-order chi connectivity index (χ0) is 22.2. The monoisotopic (exact) mass is 427 g/mol. The number of halogens is 1. The molecule has 166 valence electrons. The molecule has 4 rings (SSSR count). The summed E-state index contributed by atoms with van der Waals surface area (Å²) in [5.74, 6) is -0.401. The average molecular weight is 428 g/mol. The Morgan fingerprint density at radius 2 is 1.97 bits per heavy atom. The van der Waals surface area contributed by atoms with Gasteiger partial charge in [0.1, 0.15) is 5.82 Å². The van der Waals surface area contributed by atoms with Gasteiger partial charge in [-0.25, -0.2) is 9.37 Å². The Labute approximate surface area is 181 Å². The van der Waals surface area contributed by atoms with Crippen molar-refractivity contribution >= 4 is 5.91 Å². The first-order chi connectivity index (χ1) is 14.7. The fourth-order valence-corrected chi connectivity index (χ4v) is 5.38. The molecule has 1 amide bonds. The lowest BCUT2D eigenvalue weighted by Crippen LogP contribution is -2.58. The molecule has 1 saturated carbocycles. The molecule has 1 N–H and O–H groups in total. The van der Waals surface area contributed by atoms with Crippen molar-refractivity contribution in [3.8, 4) is 11.3 Å². The molecule has 2 atom stereocenters. The highest BCUT2D eigenvalue weighted by Crippen LogP contribution is 2.52. The van der Waals surface area contributed by atoms with E-state index in [1.54, 1.807) is 18.2 Å². The lowest BCUT2D eigenvalue weighted by molar-refractivity contribution is -0.147. The normalized spacial score (nSPS) is 26.0. The third-order valence-corrected chi connectivity index (χ3v) is 7.08. The number of hydrogen-bond donors (Lipinski definition) is 1. The molecule has 2 fully saturated rings. The Hall–Kier alpha value is -2.54. The van der Waals surface area contributed by atoms with Gasteiger partial charge in [-0.1, -0.05) is 26.0 Å². The summed E-state index contributed by atoms with van der Waals surface area (Å²) in [6.07, 6.45) is 5.35. The van der Waals surface area contributed by atoms with E-state index in [2.05, 4.69) is 4.98 Å². The van der Waals surface area contributed by atoms with E-state index < -0.39 is 16.8 Å². The number of likely N-dealkylation sites (tertiary alicyclic amines) is 1. The fraction of sp³-hybridized carbons (Fsp3) is 0.542. The lowest BCUT2D eigenvalue weighted by Gasteiger charge is -2.49. The van der Waals surface area contributed by atoms with Crippen LogP contribution in [-0.2, 0) is 11.3 Å². The molecule has 0 radical (unpaired) electrons. The number of amides is 1. The first kappa shape index (κ1) is 21.7. The van der Waals surface area contributed by atoms with E-state index >= 15 is 0 Å². The fourth-order valence-electron chi connectivity index (χ4n) is 5.38. The molecule has 2 heterocycles. The van der Waals surface area contributed by atoms with Crippen molar-refractivity contribution < 1.29 is 14.3 Å². The molecular formula is C24H30FN3O3. The number of hydrogen-bond acceptors (Lipinski definition) is 4. The van der Waals surface area contributed by atoms with Crippen molar-refractivity contribution in [3.63, 3.8) is 0 Å². The van der Waals surface area contributed by atoms with Gasteiger partial charge in [-0.3, -0.25) is 14.2 Å². The molecule has 0 bridgehead atoms. The van der Waals surface area contributed by atoms with E-state index in [0.29, 0.717) is 19.5 Å². The smallest absolute Gasteiger partial charge is 0.253 e. The zero-order valence-corrected chi connectivity index (χ0v) is 18.2. The summed E-state index contributed by atoms with van der Waals surface area (Å²) in [7, 11) is 0. The summed E-state index contributed by atoms with van der Waals surface area (Å²) in [6.45, 7) is 5.16. The van der Waals surface area contributed by atoms with Gasteiger partial charge in [0.15, 0.2) is 0 Å². The third-order valence-electron chi connectivity index (χ3n) is 7.08. The maximum atomic E-state index is 14.1. The van der Waals surface area contributed by atoms with Crippen LogP contribution in [-0.4, -0.2) is 44.2 Å². The molecule has 1 spiro atoms. The quantitative estimate of drug-likeness (QED) is 0.813. The molecular weight excluding hydrogens is 397 g/mol. The van der Waals surface area contributed by atoms with Crippen LogP contribution in [0.2, 0.25) is 0 Å². The van der Waals surface area contributed by atoms with Crippen LogP contribution in [0.1, 0.15) is 46.0 Å². The highest BCUT2D eigenvalue weighted by Gasteiger charge is 2.56. The Bertz CT molecular complexity index is 1040. The highest BCUT2D eigenvalue weighted by molar-refractivity contribution is 5.78. The van der Waals surface area contributed by atoms with Gasteiger partial charge < -0.3 is 10.0 Å². The van der Waals surface area contributed by atoms with Crippen LogP contribution in [0, 0.1) is 17.2 Å². The number of aromatic nitrogens is 2. The molecule has 7 heteroatoms. The molecule has 31 heavy (non-hydrogen) atoms. The molecule has 1 aliphatic heterocycles. The minimum absolute atomic E-state index is 0.0811. The van der Waals surface area contributed by atoms with Crippen molar-refractivity contribution in [1.29, 1.82) is 0 Å². The van der Waals surface area contributed by atoms with Crippen LogP contribution in [0.5, 0.6) is 0 Å². The van der Waals surface area contributed by atoms with Crippen LogP contribution >= 0.6 is 0 Å². The molecule has 2 unspecified atom stereocenters. The van der Waals surface area contributed by atoms with Gasteiger partial charge in [-0.2, -0.15) is 0 Å². The minimum Gasteiger partial charge on any atom is -0.387 e. The number of aliphatic hydroxyl groups is 1. The van der Waals surface area contributed by atoms with E-state index in [9.17, 15) is 19.1 Å². The molecule has 2 aromatic rings. The van der Waals surface area contributed by atoms with Gasteiger partial charge >= 0.3 is 0 Å². The van der Waals surface area contributed by atoms with E-state index in [4.69, 9.17) is 0 Å². The number of piperidine rings is 1. The average Bonchev–Trinajstić information content (AvgIpc) is 3.04. The Morgan fingerprint density at radius 1 is 1.23 bits per heavy atom. The molecule has 1 saturated heterocycles. The second-order valence-corrected chi connectivity index (χ2v) is 9.40. The van der Waals surface area contributed by atoms with Crippen molar-refractivity contribution in [1.82, 2.24) is 14.5 Å². The van der Waals surface area contributed by atoms with Crippen molar-refractivity contribution in [2.45, 2.75) is 58.1 Å². The Balaban J connectivity index is 1.60. The number of nitrogens with zero attached hydrogens (tertiary/aromatic N) is 3. The summed E-state index contributed by atoms with van der Waals surface area (Å²) in [4.78, 5) is 31.6. The predicted octanol–water partition coefficient (Wildman–Crippen LogP) is 3.23. The van der Waals surface area contributed by atoms with Crippen LogP contribution < -0.4 is 5.56 Å². The number of carbonyl (C=O) groups excluding carboxylic acids is 1. The third kappa shape index (κ3) is 3.91. The lowest BCUT2D eigenvalue weighted by atomic mass is 9.68. The van der Waals surface area contributed by atoms with Crippen molar-refractivity contribution in [3.05, 3.63) is 52.8 Å². The van der Waals surface area contributed by atoms with Crippen molar-refractivity contribution in [2.75, 3.05) is 13.1 Å². The van der Waals surface area contributed by atoms with Crippen LogP contribution in [0.15, 0.2) is 41.5 Å². The number of carbonyl (C=O) groups is 1. The molecule has 1 aromatic carbocycles. The minimum atomic E-state index is -1.09. The highest BCUT2D eigenvalue weighted by atomic mass is 19.1. The van der Waals surface area contributed by atoms with E-state index in [0.717, 1.165) is 25.7 Å². The maximum Gasteiger partial charge on any atom is 0.253 e. The standard InChI is InChI=1S/C24H30FN3O3/c1-17(2)22(30)27-12-6-10-23(14-27)9-5-11-24(23,31)15-28-16-26-20(13-21(28)29)18-7-3-4-8-19(18)25/h3-4,7-8,13,16-17,31H,5-6,9-12,14-15H2,1-2H3.